The molecule has 0 radical (unpaired) electrons. The Hall–Kier alpha value is -1.16. The average molecular weight is 293 g/mol. The minimum atomic E-state index is -3.57. The molecule has 4 heteroatoms. The molecule has 0 unspecified atom stereocenters. The molecule has 0 aliphatic heterocycles. The van der Waals surface area contributed by atoms with Crippen LogP contribution in [-0.4, -0.2) is 14.6 Å². The van der Waals surface area contributed by atoms with Crippen LogP contribution in [0.1, 0.15) is 48.8 Å². The van der Waals surface area contributed by atoms with Crippen LogP contribution in [0.15, 0.2) is 21.4 Å². The molecule has 1 saturated carbocycles. The van der Waals surface area contributed by atoms with Gasteiger partial charge in [0.2, 0.25) is 0 Å². The summed E-state index contributed by atoms with van der Waals surface area (Å²) in [5.74, 6) is 0.324. The third-order valence-corrected chi connectivity index (χ3v) is 5.48. The highest BCUT2D eigenvalue weighted by atomic mass is 32.2. The molecule has 0 atom stereocenters. The lowest BCUT2D eigenvalue weighted by Crippen LogP contribution is -2.10. The largest absolute Gasteiger partial charge is 0.282 e. The first-order valence-corrected chi connectivity index (χ1v) is 8.72. The topological polar surface area (TPSA) is 46.5 Å². The molecule has 1 aliphatic carbocycles. The quantitative estimate of drug-likeness (QED) is 0.792. The van der Waals surface area contributed by atoms with E-state index >= 15 is 0 Å². The number of nitrogens with zero attached hydrogens (tertiary/aromatic N) is 1. The maximum Gasteiger partial charge on any atom is 0.282 e. The molecule has 0 N–H and O–H groups in total. The van der Waals surface area contributed by atoms with E-state index in [0.29, 0.717) is 10.8 Å². The SMILES string of the molecule is Cc1cc(C)c(S(=O)(=O)/N=C/C2CCCCC2)c(C)c1. The van der Waals surface area contributed by atoms with Crippen molar-refractivity contribution < 1.29 is 8.42 Å². The van der Waals surface area contributed by atoms with Crippen molar-refractivity contribution >= 4 is 16.2 Å². The predicted molar refractivity (Wildman–Crippen MR) is 82.9 cm³/mol. The molecule has 0 bridgehead atoms. The van der Waals surface area contributed by atoms with Crippen LogP contribution in [0.4, 0.5) is 0 Å². The highest BCUT2D eigenvalue weighted by molar-refractivity contribution is 7.90. The molecule has 0 aromatic heterocycles. The Bertz CT molecular complexity index is 588. The van der Waals surface area contributed by atoms with Gasteiger partial charge in [-0.3, -0.25) is 0 Å². The van der Waals surface area contributed by atoms with Crippen molar-refractivity contribution in [2.24, 2.45) is 10.3 Å². The van der Waals surface area contributed by atoms with Crippen LogP contribution in [0.3, 0.4) is 0 Å². The third-order valence-electron chi connectivity index (χ3n) is 3.92. The standard InChI is InChI=1S/C16H23NO2S/c1-12-9-13(2)16(14(3)10-12)20(18,19)17-11-15-7-5-4-6-8-15/h9-11,15H,4-8H2,1-3H3/b17-11+. The molecule has 1 aromatic carbocycles. The van der Waals surface area contributed by atoms with Crippen molar-refractivity contribution in [1.82, 2.24) is 0 Å². The van der Waals surface area contributed by atoms with Crippen molar-refractivity contribution in [1.29, 1.82) is 0 Å². The van der Waals surface area contributed by atoms with Crippen LogP contribution < -0.4 is 0 Å². The summed E-state index contributed by atoms with van der Waals surface area (Å²) in [5.41, 5.74) is 2.64. The molecule has 1 aromatic rings. The summed E-state index contributed by atoms with van der Waals surface area (Å²) in [5, 5.41) is 0. The summed E-state index contributed by atoms with van der Waals surface area (Å²) in [6.45, 7) is 5.65. The molecule has 0 heterocycles. The van der Waals surface area contributed by atoms with E-state index < -0.39 is 10.0 Å². The van der Waals surface area contributed by atoms with Crippen LogP contribution in [0.2, 0.25) is 0 Å². The normalized spacial score (nSPS) is 17.8. The van der Waals surface area contributed by atoms with E-state index in [0.717, 1.165) is 29.5 Å². The summed E-state index contributed by atoms with van der Waals surface area (Å²) in [4.78, 5) is 0.371. The summed E-state index contributed by atoms with van der Waals surface area (Å²) in [6, 6.07) is 3.80. The molecular weight excluding hydrogens is 270 g/mol. The average Bonchev–Trinajstić information content (AvgIpc) is 2.36. The molecule has 2 rings (SSSR count). The second kappa shape index (κ2) is 6.08. The second-order valence-corrected chi connectivity index (χ2v) is 7.42. The predicted octanol–water partition coefficient (Wildman–Crippen LogP) is 3.95. The van der Waals surface area contributed by atoms with E-state index in [4.69, 9.17) is 0 Å². The van der Waals surface area contributed by atoms with Gasteiger partial charge in [0.1, 0.15) is 0 Å². The van der Waals surface area contributed by atoms with Crippen molar-refractivity contribution in [2.45, 2.75) is 57.8 Å². The monoisotopic (exact) mass is 293 g/mol. The van der Waals surface area contributed by atoms with Gasteiger partial charge in [-0.15, -0.1) is 0 Å². The van der Waals surface area contributed by atoms with Crippen molar-refractivity contribution in [3.05, 3.63) is 28.8 Å². The highest BCUT2D eigenvalue weighted by Gasteiger charge is 2.19. The number of sulfonamides is 1. The van der Waals surface area contributed by atoms with Crippen molar-refractivity contribution in [3.63, 3.8) is 0 Å². The number of hydrogen-bond donors (Lipinski definition) is 0. The first-order chi connectivity index (χ1) is 9.40. The Labute approximate surface area is 122 Å². The molecule has 0 amide bonds. The van der Waals surface area contributed by atoms with Crippen LogP contribution in [0, 0.1) is 26.7 Å². The Kier molecular flexibility index (Phi) is 4.63. The number of benzene rings is 1. The molecule has 3 nitrogen and oxygen atoms in total. The van der Waals surface area contributed by atoms with Gasteiger partial charge in [-0.25, -0.2) is 0 Å². The first kappa shape index (κ1) is 15.2. The van der Waals surface area contributed by atoms with E-state index in [2.05, 4.69) is 4.40 Å². The first-order valence-electron chi connectivity index (χ1n) is 7.28. The molecule has 1 fully saturated rings. The zero-order valence-corrected chi connectivity index (χ0v) is 13.3. The van der Waals surface area contributed by atoms with Crippen LogP contribution in [-0.2, 0) is 10.0 Å². The molecular formula is C16H23NO2S. The number of hydrogen-bond acceptors (Lipinski definition) is 2. The van der Waals surface area contributed by atoms with E-state index in [1.807, 2.05) is 32.9 Å². The number of rotatable bonds is 3. The summed E-state index contributed by atoms with van der Waals surface area (Å²) < 4.78 is 28.8. The highest BCUT2D eigenvalue weighted by Crippen LogP contribution is 2.25. The lowest BCUT2D eigenvalue weighted by Gasteiger charge is -2.17. The van der Waals surface area contributed by atoms with Gasteiger partial charge in [-0.2, -0.15) is 12.8 Å². The van der Waals surface area contributed by atoms with Crippen LogP contribution >= 0.6 is 0 Å². The fourth-order valence-electron chi connectivity index (χ4n) is 3.08. The summed E-state index contributed by atoms with van der Waals surface area (Å²) >= 11 is 0. The van der Waals surface area contributed by atoms with Crippen molar-refractivity contribution in [2.75, 3.05) is 0 Å². The molecule has 20 heavy (non-hydrogen) atoms. The van der Waals surface area contributed by atoms with Gasteiger partial charge in [0.15, 0.2) is 0 Å². The Morgan fingerprint density at radius 1 is 1.05 bits per heavy atom. The number of aryl methyl sites for hydroxylation is 3. The molecule has 110 valence electrons. The van der Waals surface area contributed by atoms with Gasteiger partial charge in [-0.1, -0.05) is 37.0 Å². The van der Waals surface area contributed by atoms with E-state index in [1.165, 1.54) is 19.3 Å². The minimum Gasteiger partial charge on any atom is -0.199 e. The summed E-state index contributed by atoms with van der Waals surface area (Å²) in [6.07, 6.45) is 7.40. The van der Waals surface area contributed by atoms with Crippen LogP contribution in [0.5, 0.6) is 0 Å². The Balaban J connectivity index is 2.28. The van der Waals surface area contributed by atoms with E-state index in [-0.39, 0.29) is 0 Å². The smallest absolute Gasteiger partial charge is 0.199 e. The fourth-order valence-corrected chi connectivity index (χ4v) is 4.45. The van der Waals surface area contributed by atoms with Gasteiger partial charge in [0, 0.05) is 6.21 Å². The molecule has 1 aliphatic rings. The zero-order chi connectivity index (χ0) is 14.8. The van der Waals surface area contributed by atoms with E-state index in [9.17, 15) is 8.42 Å². The lowest BCUT2D eigenvalue weighted by atomic mass is 9.90. The lowest BCUT2D eigenvalue weighted by molar-refractivity contribution is 0.445. The van der Waals surface area contributed by atoms with Crippen LogP contribution in [0.25, 0.3) is 0 Å². The maximum absolute atomic E-state index is 12.4. The van der Waals surface area contributed by atoms with Gasteiger partial charge >= 0.3 is 0 Å². The minimum absolute atomic E-state index is 0.324. The molecule has 0 saturated heterocycles. The zero-order valence-electron chi connectivity index (χ0n) is 12.5. The van der Waals surface area contributed by atoms with Gasteiger partial charge in [0.05, 0.1) is 4.90 Å². The third kappa shape index (κ3) is 3.48. The Morgan fingerprint density at radius 2 is 1.60 bits per heavy atom. The van der Waals surface area contributed by atoms with Crippen molar-refractivity contribution in [3.8, 4) is 0 Å². The molecule has 0 spiro atoms. The fraction of sp³-hybridized carbons (Fsp3) is 0.562. The van der Waals surface area contributed by atoms with Gasteiger partial charge < -0.3 is 0 Å². The van der Waals surface area contributed by atoms with E-state index in [1.54, 1.807) is 6.21 Å². The summed E-state index contributed by atoms with van der Waals surface area (Å²) in [7, 11) is -3.57. The maximum atomic E-state index is 12.4. The van der Waals surface area contributed by atoms with Gasteiger partial charge in [0.25, 0.3) is 10.0 Å². The van der Waals surface area contributed by atoms with Gasteiger partial charge in [-0.05, 0) is 50.7 Å². The Morgan fingerprint density at radius 3 is 2.15 bits per heavy atom. The second-order valence-electron chi connectivity index (χ2n) is 5.86.